The van der Waals surface area contributed by atoms with Gasteiger partial charge in [0.2, 0.25) is 23.6 Å². The fourth-order valence-electron chi connectivity index (χ4n) is 7.91. The molecule has 5 aromatic rings. The zero-order valence-electron chi connectivity index (χ0n) is 31.9. The van der Waals surface area contributed by atoms with E-state index in [1.165, 1.54) is 12.1 Å². The normalized spacial score (nSPS) is 19.4. The minimum Gasteiger partial charge on any atom is -0.477 e. The third-order valence-electron chi connectivity index (χ3n) is 10.9. The van der Waals surface area contributed by atoms with E-state index in [9.17, 15) is 19.2 Å². The van der Waals surface area contributed by atoms with Crippen molar-refractivity contribution in [1.82, 2.24) is 39.8 Å². The lowest BCUT2D eigenvalue weighted by Crippen LogP contribution is -2.59. The number of aryl methyl sites for hydroxylation is 2. The predicted octanol–water partition coefficient (Wildman–Crippen LogP) is 4.66. The van der Waals surface area contributed by atoms with E-state index < -0.39 is 29.4 Å². The van der Waals surface area contributed by atoms with Gasteiger partial charge >= 0.3 is 0 Å². The molecule has 0 aliphatic carbocycles. The number of rotatable bonds is 6. The summed E-state index contributed by atoms with van der Waals surface area (Å²) in [4.78, 5) is 62.5. The van der Waals surface area contributed by atoms with E-state index in [1.807, 2.05) is 18.5 Å². The fraction of sp³-hybridized carbons (Fsp3) is 0.390. The molecule has 2 fully saturated rings. The summed E-state index contributed by atoms with van der Waals surface area (Å²) in [5.41, 5.74) is 4.31. The van der Waals surface area contributed by atoms with E-state index in [0.29, 0.717) is 95.7 Å². The number of piperidine rings is 1. The summed E-state index contributed by atoms with van der Waals surface area (Å²) in [6.45, 7) is 6.64. The summed E-state index contributed by atoms with van der Waals surface area (Å²) >= 11 is 0. The van der Waals surface area contributed by atoms with E-state index in [0.717, 1.165) is 12.8 Å². The number of halogens is 2. The van der Waals surface area contributed by atoms with Gasteiger partial charge in [0, 0.05) is 62.0 Å². The lowest BCUT2D eigenvalue weighted by atomic mass is 9.89. The molecule has 2 saturated heterocycles. The van der Waals surface area contributed by atoms with Gasteiger partial charge in [-0.2, -0.15) is 5.10 Å². The maximum Gasteiger partial charge on any atom is 0.258 e. The lowest BCUT2D eigenvalue weighted by Gasteiger charge is -2.39. The molecule has 2 bridgehead atoms. The molecule has 2 atom stereocenters. The minimum atomic E-state index is -1.04. The van der Waals surface area contributed by atoms with Crippen LogP contribution in [0.4, 0.5) is 14.7 Å². The van der Waals surface area contributed by atoms with Crippen LogP contribution in [0.15, 0.2) is 48.7 Å². The Balaban J connectivity index is 0.935. The van der Waals surface area contributed by atoms with Crippen LogP contribution in [0, 0.1) is 24.5 Å². The van der Waals surface area contributed by atoms with Crippen molar-refractivity contribution in [2.24, 2.45) is 13.0 Å². The molecule has 4 amide bonds. The van der Waals surface area contributed by atoms with Crippen molar-refractivity contribution in [2.45, 2.75) is 64.5 Å². The highest BCUT2D eigenvalue weighted by atomic mass is 19.1. The molecule has 57 heavy (non-hydrogen) atoms. The third kappa shape index (κ3) is 7.86. The van der Waals surface area contributed by atoms with Gasteiger partial charge < -0.3 is 14.6 Å². The van der Waals surface area contributed by atoms with E-state index in [1.54, 1.807) is 41.2 Å². The number of benzene rings is 2. The first-order valence-electron chi connectivity index (χ1n) is 19.2. The van der Waals surface area contributed by atoms with E-state index in [-0.39, 0.29) is 42.2 Å². The van der Waals surface area contributed by atoms with Crippen molar-refractivity contribution >= 4 is 40.6 Å². The standard InChI is InChI=1S/C41H43F2N9O5/c1-22-5-4-12-57-40-29(18-44-50(40)3)33-16-26(13-23(2)45-33)38(55)49-41-47-32-8-6-25(17-34(32)52(41)19-22)37(54)46-27-20-51(21-27)11-10-24-14-30(42)36(31(43)15-24)28-7-9-35(53)48-39(28)56/h6,8,13-18,22,27-28H,4-5,7,9-12,19-21H2,1-3H3,(H,46,54)(H,47,49,55)(H,48,53,56)/t22-,28-/m1/s1. The van der Waals surface area contributed by atoms with Crippen molar-refractivity contribution in [3.8, 4) is 17.1 Å². The quantitative estimate of drug-likeness (QED) is 0.208. The van der Waals surface area contributed by atoms with Gasteiger partial charge in [-0.3, -0.25) is 39.7 Å². The molecule has 0 spiro atoms. The van der Waals surface area contributed by atoms with Gasteiger partial charge in [-0.15, -0.1) is 0 Å². The number of fused-ring (bicyclic) bond motifs is 7. The van der Waals surface area contributed by atoms with Crippen LogP contribution in [0.3, 0.4) is 0 Å². The van der Waals surface area contributed by atoms with Crippen LogP contribution in [0.25, 0.3) is 22.3 Å². The Labute approximate surface area is 327 Å². The van der Waals surface area contributed by atoms with E-state index in [2.05, 4.69) is 37.9 Å². The number of amides is 4. The number of nitrogens with zero attached hydrogens (tertiary/aromatic N) is 6. The number of hydrogen-bond donors (Lipinski definition) is 3. The molecule has 16 heteroatoms. The summed E-state index contributed by atoms with van der Waals surface area (Å²) in [6.07, 6.45) is 3.78. The molecule has 3 aliphatic heterocycles. The molecule has 296 valence electrons. The average molecular weight is 780 g/mol. The molecule has 0 radical (unpaired) electrons. The first-order valence-corrected chi connectivity index (χ1v) is 19.2. The van der Waals surface area contributed by atoms with Crippen LogP contribution in [0.2, 0.25) is 0 Å². The molecule has 14 nitrogen and oxygen atoms in total. The molecule has 2 aromatic carbocycles. The number of carbonyl (C=O) groups is 4. The summed E-state index contributed by atoms with van der Waals surface area (Å²) in [6, 6.07) is 11.1. The first-order chi connectivity index (χ1) is 27.4. The monoisotopic (exact) mass is 779 g/mol. The van der Waals surface area contributed by atoms with Gasteiger partial charge in [-0.25, -0.2) is 18.4 Å². The van der Waals surface area contributed by atoms with Crippen LogP contribution in [0.5, 0.6) is 5.88 Å². The number of likely N-dealkylation sites (tertiary alicyclic amines) is 1. The number of carbonyl (C=O) groups excluding carboxylic acids is 4. The van der Waals surface area contributed by atoms with Crippen LogP contribution >= 0.6 is 0 Å². The van der Waals surface area contributed by atoms with Crippen molar-refractivity contribution in [3.63, 3.8) is 0 Å². The number of nitrogens with one attached hydrogen (secondary N) is 3. The van der Waals surface area contributed by atoms with Gasteiger partial charge in [0.25, 0.3) is 11.8 Å². The predicted molar refractivity (Wildman–Crippen MR) is 206 cm³/mol. The largest absolute Gasteiger partial charge is 0.477 e. The zero-order chi connectivity index (χ0) is 40.0. The zero-order valence-corrected chi connectivity index (χ0v) is 31.9. The highest BCUT2D eigenvalue weighted by Crippen LogP contribution is 2.32. The number of ether oxygens (including phenoxy) is 1. The molecule has 3 aromatic heterocycles. The Morgan fingerprint density at radius 2 is 1.79 bits per heavy atom. The van der Waals surface area contributed by atoms with Crippen LogP contribution in [0.1, 0.15) is 76.1 Å². The van der Waals surface area contributed by atoms with Crippen LogP contribution in [-0.4, -0.2) is 85.1 Å². The van der Waals surface area contributed by atoms with Gasteiger partial charge in [-0.05, 0) is 86.6 Å². The van der Waals surface area contributed by atoms with Crippen molar-refractivity contribution < 1.29 is 32.7 Å². The molecule has 3 N–H and O–H groups in total. The second kappa shape index (κ2) is 15.5. The number of pyridine rings is 1. The number of anilines is 1. The van der Waals surface area contributed by atoms with Crippen molar-refractivity contribution in [1.29, 1.82) is 0 Å². The fourth-order valence-corrected chi connectivity index (χ4v) is 7.91. The lowest BCUT2D eigenvalue weighted by molar-refractivity contribution is -0.134. The summed E-state index contributed by atoms with van der Waals surface area (Å²) in [5, 5.41) is 12.6. The topological polar surface area (TPSA) is 165 Å². The summed E-state index contributed by atoms with van der Waals surface area (Å²) in [5.74, 6) is -3.22. The number of imidazole rings is 1. The highest BCUT2D eigenvalue weighted by molar-refractivity contribution is 6.05. The molecular weight excluding hydrogens is 737 g/mol. The molecule has 3 aliphatic rings. The van der Waals surface area contributed by atoms with E-state index >= 15 is 8.78 Å². The second-order valence-electron chi connectivity index (χ2n) is 15.3. The summed E-state index contributed by atoms with van der Waals surface area (Å²) < 4.78 is 39.8. The number of imide groups is 1. The Kier molecular flexibility index (Phi) is 10.3. The van der Waals surface area contributed by atoms with Crippen LogP contribution in [-0.2, 0) is 29.6 Å². The first kappa shape index (κ1) is 37.9. The molecular formula is C41H43F2N9O5. The van der Waals surface area contributed by atoms with E-state index in [4.69, 9.17) is 9.72 Å². The smallest absolute Gasteiger partial charge is 0.258 e. The Morgan fingerprint density at radius 1 is 1.00 bits per heavy atom. The van der Waals surface area contributed by atoms with Crippen molar-refractivity contribution in [3.05, 3.63) is 88.2 Å². The third-order valence-corrected chi connectivity index (χ3v) is 10.9. The molecule has 8 rings (SSSR count). The Bertz CT molecular complexity index is 2400. The average Bonchev–Trinajstić information content (AvgIpc) is 3.69. The molecule has 0 unspecified atom stereocenters. The maximum absolute atomic E-state index is 15.0. The Hall–Kier alpha value is -6.03. The molecule has 6 heterocycles. The highest BCUT2D eigenvalue weighted by Gasteiger charge is 2.33. The Morgan fingerprint density at radius 3 is 2.56 bits per heavy atom. The minimum absolute atomic E-state index is 0.0303. The summed E-state index contributed by atoms with van der Waals surface area (Å²) in [7, 11) is 1.81. The van der Waals surface area contributed by atoms with Gasteiger partial charge in [0.1, 0.15) is 11.6 Å². The van der Waals surface area contributed by atoms with Gasteiger partial charge in [0.05, 0.1) is 47.1 Å². The second-order valence-corrected chi connectivity index (χ2v) is 15.3. The maximum atomic E-state index is 15.0. The SMILES string of the molecule is Cc1cc2cc(n1)-c1cnn(C)c1OCCC[C@@H](C)Cn1c(nc3ccc(C(=O)NC4CN(CCc5cc(F)c([C@H]6CCC(=O)NC6=O)c(F)c5)C4)cc31)NC2=O. The van der Waals surface area contributed by atoms with Crippen LogP contribution < -0.4 is 20.7 Å². The van der Waals surface area contributed by atoms with Gasteiger partial charge in [0.15, 0.2) is 0 Å². The number of aromatic nitrogens is 5. The van der Waals surface area contributed by atoms with Crippen molar-refractivity contribution in [2.75, 3.05) is 31.6 Å². The number of hydrogen-bond acceptors (Lipinski definition) is 9. The molecule has 0 saturated carbocycles. The van der Waals surface area contributed by atoms with Gasteiger partial charge in [-0.1, -0.05) is 6.92 Å².